The van der Waals surface area contributed by atoms with Crippen LogP contribution < -0.4 is 0 Å². The smallest absolute Gasteiger partial charge is 0.105 e. The van der Waals surface area contributed by atoms with Crippen molar-refractivity contribution in [1.29, 1.82) is 0 Å². The summed E-state index contributed by atoms with van der Waals surface area (Å²) < 4.78 is 7.03. The van der Waals surface area contributed by atoms with Gasteiger partial charge in [0.2, 0.25) is 0 Å². The fraction of sp³-hybridized carbons (Fsp3) is 0.727. The second-order valence-electron chi connectivity index (χ2n) is 9.73. The van der Waals surface area contributed by atoms with Crippen LogP contribution in [0.3, 0.4) is 0 Å². The molecule has 7 atom stereocenters. The zero-order chi connectivity index (χ0) is 18.5. The first kappa shape index (κ1) is 17.2. The lowest BCUT2D eigenvalue weighted by atomic mass is 9.60. The van der Waals surface area contributed by atoms with E-state index in [1.165, 1.54) is 11.1 Å². The minimum Gasteiger partial charge on any atom is -0.388 e. The number of hydrogen-bond acceptors (Lipinski definition) is 4. The Balaban J connectivity index is 1.63. The molecule has 0 aromatic carbocycles. The molecule has 0 radical (unpaired) electrons. The van der Waals surface area contributed by atoms with E-state index < -0.39 is 17.8 Å². The highest BCUT2D eigenvalue weighted by Crippen LogP contribution is 2.67. The number of hydrogen-bond donors (Lipinski definition) is 2. The Morgan fingerprint density at radius 1 is 1.27 bits per heavy atom. The van der Waals surface area contributed by atoms with Gasteiger partial charge >= 0.3 is 0 Å². The molecule has 3 aliphatic carbocycles. The van der Waals surface area contributed by atoms with E-state index in [1.807, 2.05) is 19.0 Å². The lowest BCUT2D eigenvalue weighted by Gasteiger charge is -2.55. The second kappa shape index (κ2) is 5.11. The third kappa shape index (κ3) is 1.84. The number of rotatable bonds is 1. The Labute approximate surface area is 156 Å². The molecule has 0 aromatic heterocycles. The third-order valence-corrected chi connectivity index (χ3v) is 8.46. The molecule has 7 unspecified atom stereocenters. The van der Waals surface area contributed by atoms with Gasteiger partial charge in [0.25, 0.3) is 0 Å². The van der Waals surface area contributed by atoms with Crippen molar-refractivity contribution < 1.29 is 14.9 Å². The SMILES string of the molecule is C=C1CCC2C1(C)CC=C1C=C3C(O)C(O)C(N(C)C)CC34CCC12O4. The van der Waals surface area contributed by atoms with Crippen LogP contribution in [0.25, 0.3) is 0 Å². The summed E-state index contributed by atoms with van der Waals surface area (Å²) in [6.45, 7) is 6.75. The van der Waals surface area contributed by atoms with Crippen LogP contribution in [0.5, 0.6) is 0 Å². The van der Waals surface area contributed by atoms with Crippen molar-refractivity contribution >= 4 is 0 Å². The monoisotopic (exact) mass is 357 g/mol. The van der Waals surface area contributed by atoms with Crippen molar-refractivity contribution in [2.45, 2.75) is 74.9 Å². The van der Waals surface area contributed by atoms with Crippen molar-refractivity contribution in [2.24, 2.45) is 11.3 Å². The van der Waals surface area contributed by atoms with Crippen LogP contribution in [-0.4, -0.2) is 58.7 Å². The van der Waals surface area contributed by atoms with Crippen LogP contribution in [0.1, 0.15) is 45.4 Å². The van der Waals surface area contributed by atoms with E-state index in [4.69, 9.17) is 4.74 Å². The van der Waals surface area contributed by atoms with E-state index in [0.717, 1.165) is 44.1 Å². The van der Waals surface area contributed by atoms with Gasteiger partial charge in [-0.05, 0) is 69.2 Å². The summed E-state index contributed by atoms with van der Waals surface area (Å²) in [4.78, 5) is 2.03. The number of nitrogens with zero attached hydrogens (tertiary/aromatic N) is 1. The summed E-state index contributed by atoms with van der Waals surface area (Å²) in [6, 6.07) is -0.0867. The van der Waals surface area contributed by atoms with Gasteiger partial charge < -0.3 is 19.8 Å². The summed E-state index contributed by atoms with van der Waals surface area (Å²) in [6.07, 6.45) is 8.85. The van der Waals surface area contributed by atoms with Crippen molar-refractivity contribution in [3.05, 3.63) is 35.5 Å². The molecule has 2 bridgehead atoms. The number of aliphatic hydroxyl groups is 2. The van der Waals surface area contributed by atoms with E-state index >= 15 is 0 Å². The minimum atomic E-state index is -0.847. The fourth-order valence-corrected chi connectivity index (χ4v) is 6.83. The number of aliphatic hydroxyl groups excluding tert-OH is 2. The summed E-state index contributed by atoms with van der Waals surface area (Å²) in [5.74, 6) is 0.474. The zero-order valence-electron chi connectivity index (χ0n) is 16.2. The van der Waals surface area contributed by atoms with Crippen molar-refractivity contribution in [1.82, 2.24) is 4.90 Å². The Hall–Kier alpha value is -0.940. The van der Waals surface area contributed by atoms with Crippen molar-refractivity contribution in [2.75, 3.05) is 14.1 Å². The van der Waals surface area contributed by atoms with Gasteiger partial charge in [0.15, 0.2) is 0 Å². The second-order valence-corrected chi connectivity index (χ2v) is 9.73. The lowest BCUT2D eigenvalue weighted by Crippen LogP contribution is -2.61. The molecule has 2 N–H and O–H groups in total. The number of allylic oxidation sites excluding steroid dienone is 2. The standard InChI is InChI=1S/C22H31NO3/c1-13-5-6-17-20(13,2)8-7-14-11-15-18(24)19(25)16(23(3)4)12-21(15)9-10-22(14,17)26-21/h7,11,16-19,24-25H,1,5-6,8-10,12H2,2-4H3. The van der Waals surface area contributed by atoms with Crippen LogP contribution in [0, 0.1) is 11.3 Å². The van der Waals surface area contributed by atoms with Gasteiger partial charge in [0.05, 0.1) is 17.3 Å². The highest BCUT2D eigenvalue weighted by Gasteiger charge is 2.67. The van der Waals surface area contributed by atoms with Gasteiger partial charge in [-0.15, -0.1) is 0 Å². The summed E-state index contributed by atoms with van der Waals surface area (Å²) in [7, 11) is 3.95. The fourth-order valence-electron chi connectivity index (χ4n) is 6.83. The topological polar surface area (TPSA) is 52.9 Å². The molecular weight excluding hydrogens is 326 g/mol. The maximum absolute atomic E-state index is 10.9. The highest BCUT2D eigenvalue weighted by atomic mass is 16.5. The Morgan fingerprint density at radius 3 is 2.77 bits per heavy atom. The quantitative estimate of drug-likeness (QED) is 0.708. The maximum Gasteiger partial charge on any atom is 0.105 e. The molecule has 142 valence electrons. The molecule has 4 nitrogen and oxygen atoms in total. The van der Waals surface area contributed by atoms with Crippen LogP contribution in [0.15, 0.2) is 35.5 Å². The number of fused-ring (bicyclic) bond motifs is 1. The molecule has 0 amide bonds. The maximum atomic E-state index is 10.9. The molecule has 26 heavy (non-hydrogen) atoms. The van der Waals surface area contributed by atoms with Crippen LogP contribution in [0.4, 0.5) is 0 Å². The van der Waals surface area contributed by atoms with Crippen molar-refractivity contribution in [3.8, 4) is 0 Å². The van der Waals surface area contributed by atoms with E-state index in [-0.39, 0.29) is 17.1 Å². The minimum absolute atomic E-state index is 0.0867. The Bertz CT molecular complexity index is 740. The molecular formula is C22H31NO3. The molecule has 2 heterocycles. The van der Waals surface area contributed by atoms with E-state index in [0.29, 0.717) is 5.92 Å². The molecule has 5 aliphatic rings. The number of likely N-dealkylation sites (N-methyl/N-ethyl adjacent to an activating group) is 1. The van der Waals surface area contributed by atoms with Gasteiger partial charge in [-0.2, -0.15) is 0 Å². The first-order valence-corrected chi connectivity index (χ1v) is 10.1. The van der Waals surface area contributed by atoms with E-state index in [9.17, 15) is 10.2 Å². The largest absolute Gasteiger partial charge is 0.388 e. The van der Waals surface area contributed by atoms with Crippen LogP contribution in [0.2, 0.25) is 0 Å². The van der Waals surface area contributed by atoms with Crippen LogP contribution in [-0.2, 0) is 4.74 Å². The average Bonchev–Trinajstić information content (AvgIpc) is 3.07. The summed E-state index contributed by atoms with van der Waals surface area (Å²) in [5.41, 5.74) is 3.00. The van der Waals surface area contributed by atoms with Crippen molar-refractivity contribution in [3.63, 3.8) is 0 Å². The number of ether oxygens (including phenoxy) is 1. The van der Waals surface area contributed by atoms with Gasteiger partial charge in [-0.25, -0.2) is 0 Å². The normalized spacial score (nSPS) is 52.3. The van der Waals surface area contributed by atoms with Crippen LogP contribution >= 0.6 is 0 Å². The predicted molar refractivity (Wildman–Crippen MR) is 101 cm³/mol. The van der Waals surface area contributed by atoms with Gasteiger partial charge in [0, 0.05) is 12.0 Å². The van der Waals surface area contributed by atoms with Gasteiger partial charge in [-0.3, -0.25) is 0 Å². The summed E-state index contributed by atoms with van der Waals surface area (Å²) in [5, 5.41) is 21.6. The third-order valence-electron chi connectivity index (χ3n) is 8.46. The highest BCUT2D eigenvalue weighted by molar-refractivity contribution is 5.50. The first-order chi connectivity index (χ1) is 12.2. The van der Waals surface area contributed by atoms with E-state index in [1.54, 1.807) is 0 Å². The molecule has 2 spiro atoms. The molecule has 1 saturated heterocycles. The molecule has 2 aliphatic heterocycles. The lowest BCUT2D eigenvalue weighted by molar-refractivity contribution is -0.162. The van der Waals surface area contributed by atoms with Gasteiger partial charge in [0.1, 0.15) is 6.10 Å². The molecule has 4 heteroatoms. The Kier molecular flexibility index (Phi) is 3.37. The Morgan fingerprint density at radius 2 is 2.04 bits per heavy atom. The predicted octanol–water partition coefficient (Wildman–Crippen LogP) is 2.57. The molecule has 5 rings (SSSR count). The van der Waals surface area contributed by atoms with E-state index in [2.05, 4.69) is 25.7 Å². The summed E-state index contributed by atoms with van der Waals surface area (Å²) >= 11 is 0. The first-order valence-electron chi connectivity index (χ1n) is 10.1. The molecule has 2 saturated carbocycles. The van der Waals surface area contributed by atoms with Gasteiger partial charge in [-0.1, -0.05) is 31.2 Å². The average molecular weight is 357 g/mol. The molecule has 3 fully saturated rings. The zero-order valence-corrected chi connectivity index (χ0v) is 16.2. The molecule has 0 aromatic rings.